The Balaban J connectivity index is 2.87. The maximum absolute atomic E-state index is 11.8. The molecule has 1 amide bonds. The van der Waals surface area contributed by atoms with E-state index in [-0.39, 0.29) is 29.5 Å². The quantitative estimate of drug-likeness (QED) is 0.357. The number of ether oxygens (including phenoxy) is 1. The van der Waals surface area contributed by atoms with Crippen LogP contribution in [0.3, 0.4) is 0 Å². The van der Waals surface area contributed by atoms with E-state index in [0.29, 0.717) is 0 Å². The summed E-state index contributed by atoms with van der Waals surface area (Å²) >= 11 is 0. The third-order valence-electron chi connectivity index (χ3n) is 2.17. The standard InChI is InChI=1S/C14H18N2O4/c1-4-5-19-14(18)11-6-10(7-12(15)8-11)13(17)16-20-9(2)3/h4,6-9H,1,5,15H2,2-3H3,(H,16,17). The average Bonchev–Trinajstić information content (AvgIpc) is 2.41. The zero-order valence-electron chi connectivity index (χ0n) is 11.5. The van der Waals surface area contributed by atoms with Crippen molar-refractivity contribution in [1.29, 1.82) is 0 Å². The minimum absolute atomic E-state index is 0.0889. The molecular formula is C14H18N2O4. The van der Waals surface area contributed by atoms with E-state index in [2.05, 4.69) is 12.1 Å². The lowest BCUT2D eigenvalue weighted by Gasteiger charge is -2.10. The number of nitrogens with two attached hydrogens (primary N) is 1. The predicted octanol–water partition coefficient (Wildman–Crippen LogP) is 1.68. The molecular weight excluding hydrogens is 260 g/mol. The number of hydroxylamine groups is 1. The molecule has 1 aromatic carbocycles. The van der Waals surface area contributed by atoms with E-state index in [0.717, 1.165) is 0 Å². The molecule has 20 heavy (non-hydrogen) atoms. The minimum Gasteiger partial charge on any atom is -0.458 e. The van der Waals surface area contributed by atoms with Crippen molar-refractivity contribution < 1.29 is 19.2 Å². The molecule has 0 fully saturated rings. The first-order valence-corrected chi connectivity index (χ1v) is 6.08. The highest BCUT2D eigenvalue weighted by atomic mass is 16.7. The number of amides is 1. The number of rotatable bonds is 6. The summed E-state index contributed by atoms with van der Waals surface area (Å²) in [5.41, 5.74) is 8.64. The number of esters is 1. The second-order valence-electron chi connectivity index (χ2n) is 4.33. The molecule has 0 saturated carbocycles. The van der Waals surface area contributed by atoms with Gasteiger partial charge in [-0.05, 0) is 32.0 Å². The van der Waals surface area contributed by atoms with Crippen LogP contribution in [-0.4, -0.2) is 24.6 Å². The molecule has 0 atom stereocenters. The van der Waals surface area contributed by atoms with E-state index >= 15 is 0 Å². The number of nitrogen functional groups attached to an aromatic ring is 1. The lowest BCUT2D eigenvalue weighted by molar-refractivity contribution is 0.000187. The summed E-state index contributed by atoms with van der Waals surface area (Å²) in [7, 11) is 0. The van der Waals surface area contributed by atoms with Gasteiger partial charge in [0.2, 0.25) is 0 Å². The Labute approximate surface area is 117 Å². The van der Waals surface area contributed by atoms with Crippen molar-refractivity contribution in [2.24, 2.45) is 0 Å². The number of nitrogens with one attached hydrogen (secondary N) is 1. The van der Waals surface area contributed by atoms with Gasteiger partial charge in [-0.25, -0.2) is 10.3 Å². The number of carbonyl (C=O) groups excluding carboxylic acids is 2. The number of hydrogen-bond donors (Lipinski definition) is 2. The Kier molecular flexibility index (Phi) is 5.74. The number of benzene rings is 1. The SMILES string of the molecule is C=CCOC(=O)c1cc(N)cc(C(=O)NOC(C)C)c1. The van der Waals surface area contributed by atoms with Gasteiger partial charge in [0.25, 0.3) is 5.91 Å². The molecule has 0 heterocycles. The van der Waals surface area contributed by atoms with Crippen molar-refractivity contribution in [2.75, 3.05) is 12.3 Å². The van der Waals surface area contributed by atoms with Crippen LogP contribution >= 0.6 is 0 Å². The molecule has 0 unspecified atom stereocenters. The van der Waals surface area contributed by atoms with E-state index in [4.69, 9.17) is 15.3 Å². The lowest BCUT2D eigenvalue weighted by atomic mass is 10.1. The Bertz CT molecular complexity index is 512. The molecule has 108 valence electrons. The lowest BCUT2D eigenvalue weighted by Crippen LogP contribution is -2.27. The molecule has 6 nitrogen and oxygen atoms in total. The molecule has 0 radical (unpaired) electrons. The molecule has 3 N–H and O–H groups in total. The van der Waals surface area contributed by atoms with Gasteiger partial charge >= 0.3 is 5.97 Å². The molecule has 0 aliphatic heterocycles. The summed E-state index contributed by atoms with van der Waals surface area (Å²) in [5, 5.41) is 0. The topological polar surface area (TPSA) is 90.7 Å². The highest BCUT2D eigenvalue weighted by Gasteiger charge is 2.13. The van der Waals surface area contributed by atoms with Gasteiger partial charge in [-0.1, -0.05) is 12.7 Å². The molecule has 1 rings (SSSR count). The Morgan fingerprint density at radius 2 is 2.00 bits per heavy atom. The van der Waals surface area contributed by atoms with Crippen LogP contribution in [0.1, 0.15) is 34.6 Å². The van der Waals surface area contributed by atoms with Crippen molar-refractivity contribution in [1.82, 2.24) is 5.48 Å². The minimum atomic E-state index is -0.573. The van der Waals surface area contributed by atoms with Gasteiger partial charge in [0, 0.05) is 11.3 Å². The smallest absolute Gasteiger partial charge is 0.338 e. The van der Waals surface area contributed by atoms with Gasteiger partial charge in [-0.3, -0.25) is 9.63 Å². The number of carbonyl (C=O) groups is 2. The van der Waals surface area contributed by atoms with Gasteiger partial charge in [0.05, 0.1) is 11.7 Å². The Morgan fingerprint density at radius 3 is 2.60 bits per heavy atom. The van der Waals surface area contributed by atoms with Gasteiger partial charge in [-0.15, -0.1) is 0 Å². The van der Waals surface area contributed by atoms with Crippen LogP contribution in [0.15, 0.2) is 30.9 Å². The average molecular weight is 278 g/mol. The Morgan fingerprint density at radius 1 is 1.35 bits per heavy atom. The van der Waals surface area contributed by atoms with Gasteiger partial charge in [0.1, 0.15) is 6.61 Å². The molecule has 0 aliphatic carbocycles. The van der Waals surface area contributed by atoms with Crippen molar-refractivity contribution in [3.8, 4) is 0 Å². The van der Waals surface area contributed by atoms with Crippen molar-refractivity contribution in [3.05, 3.63) is 42.0 Å². The summed E-state index contributed by atoms with van der Waals surface area (Å²) in [6.07, 6.45) is 1.30. The maximum Gasteiger partial charge on any atom is 0.338 e. The highest BCUT2D eigenvalue weighted by Crippen LogP contribution is 2.13. The third-order valence-corrected chi connectivity index (χ3v) is 2.17. The Hall–Kier alpha value is -2.34. The van der Waals surface area contributed by atoms with Crippen molar-refractivity contribution in [3.63, 3.8) is 0 Å². The van der Waals surface area contributed by atoms with Crippen LogP contribution in [0.5, 0.6) is 0 Å². The largest absolute Gasteiger partial charge is 0.458 e. The first-order valence-electron chi connectivity index (χ1n) is 6.08. The first-order chi connectivity index (χ1) is 9.43. The van der Waals surface area contributed by atoms with Crippen molar-refractivity contribution in [2.45, 2.75) is 20.0 Å². The summed E-state index contributed by atoms with van der Waals surface area (Å²) in [6, 6.07) is 4.27. The molecule has 0 aliphatic rings. The summed E-state index contributed by atoms with van der Waals surface area (Å²) in [4.78, 5) is 28.5. The second kappa shape index (κ2) is 7.30. The van der Waals surface area contributed by atoms with E-state index < -0.39 is 11.9 Å². The fraction of sp³-hybridized carbons (Fsp3) is 0.286. The van der Waals surface area contributed by atoms with Gasteiger partial charge in [-0.2, -0.15) is 0 Å². The van der Waals surface area contributed by atoms with E-state index in [1.54, 1.807) is 13.8 Å². The second-order valence-corrected chi connectivity index (χ2v) is 4.33. The molecule has 1 aromatic rings. The monoisotopic (exact) mass is 278 g/mol. The maximum atomic E-state index is 11.8. The molecule has 0 saturated heterocycles. The fourth-order valence-electron chi connectivity index (χ4n) is 1.35. The van der Waals surface area contributed by atoms with E-state index in [1.807, 2.05) is 0 Å². The van der Waals surface area contributed by atoms with Crippen LogP contribution in [-0.2, 0) is 9.57 Å². The van der Waals surface area contributed by atoms with E-state index in [9.17, 15) is 9.59 Å². The van der Waals surface area contributed by atoms with Crippen LogP contribution < -0.4 is 11.2 Å². The molecule has 0 aromatic heterocycles. The molecule has 0 spiro atoms. The van der Waals surface area contributed by atoms with Crippen LogP contribution in [0.2, 0.25) is 0 Å². The summed E-state index contributed by atoms with van der Waals surface area (Å²) in [5.74, 6) is -1.06. The van der Waals surface area contributed by atoms with E-state index in [1.165, 1.54) is 24.3 Å². The van der Waals surface area contributed by atoms with Crippen LogP contribution in [0.25, 0.3) is 0 Å². The predicted molar refractivity (Wildman–Crippen MR) is 75.0 cm³/mol. The molecule has 6 heteroatoms. The van der Waals surface area contributed by atoms with Crippen molar-refractivity contribution >= 4 is 17.6 Å². The molecule has 0 bridgehead atoms. The fourth-order valence-corrected chi connectivity index (χ4v) is 1.35. The third kappa shape index (κ3) is 4.74. The number of anilines is 1. The number of hydrogen-bond acceptors (Lipinski definition) is 5. The zero-order chi connectivity index (χ0) is 15.1. The van der Waals surface area contributed by atoms with Gasteiger partial charge in [0.15, 0.2) is 0 Å². The normalized spacial score (nSPS) is 10.2. The highest BCUT2D eigenvalue weighted by molar-refractivity contribution is 5.98. The first kappa shape index (κ1) is 15.7. The zero-order valence-corrected chi connectivity index (χ0v) is 11.5. The summed E-state index contributed by atoms with van der Waals surface area (Å²) < 4.78 is 4.89. The summed E-state index contributed by atoms with van der Waals surface area (Å²) in [6.45, 7) is 7.09. The van der Waals surface area contributed by atoms with Crippen LogP contribution in [0, 0.1) is 0 Å². The van der Waals surface area contributed by atoms with Crippen LogP contribution in [0.4, 0.5) is 5.69 Å². The van der Waals surface area contributed by atoms with Gasteiger partial charge < -0.3 is 10.5 Å².